The van der Waals surface area contributed by atoms with Gasteiger partial charge >= 0.3 is 0 Å². The van der Waals surface area contributed by atoms with Crippen molar-refractivity contribution in [2.45, 2.75) is 74.5 Å². The van der Waals surface area contributed by atoms with E-state index in [1.165, 1.54) is 72.8 Å². The number of aromatic hydroxyl groups is 18. The third kappa shape index (κ3) is 12.4. The maximum absolute atomic E-state index is 10.2. The van der Waals surface area contributed by atoms with Gasteiger partial charge in [0.05, 0.1) is 24.4 Å². The maximum atomic E-state index is 10.2. The highest BCUT2D eigenvalue weighted by Gasteiger charge is 2.37. The van der Waals surface area contributed by atoms with Gasteiger partial charge in [0.2, 0.25) is 0 Å². The highest BCUT2D eigenvalue weighted by molar-refractivity contribution is 5.58. The number of aliphatic hydroxyl groups excluding tert-OH is 4. The van der Waals surface area contributed by atoms with Gasteiger partial charge in [-0.2, -0.15) is 0 Å². The molecule has 0 aromatic heterocycles. The molecule has 0 saturated heterocycles. The molecule has 0 bridgehead atoms. The van der Waals surface area contributed by atoms with Crippen LogP contribution in [0.25, 0.3) is 0 Å². The zero-order valence-electron chi connectivity index (χ0n) is 44.3. The smallest absolute Gasteiger partial charge is 0.200 e. The van der Waals surface area contributed by atoms with E-state index in [0.29, 0.717) is 33.4 Å². The van der Waals surface area contributed by atoms with Crippen molar-refractivity contribution in [3.63, 3.8) is 0 Å². The molecule has 0 radical (unpaired) electrons. The van der Waals surface area contributed by atoms with Crippen LogP contribution < -0.4 is 18.9 Å². The van der Waals surface area contributed by atoms with E-state index in [4.69, 9.17) is 18.9 Å². The second-order valence-electron chi connectivity index (χ2n) is 20.3. The van der Waals surface area contributed by atoms with Crippen LogP contribution in [0, 0.1) is 0 Å². The number of fused-ring (bicyclic) bond motifs is 4. The Kier molecular flexibility index (Phi) is 16.6. The summed E-state index contributed by atoms with van der Waals surface area (Å²) in [6.07, 6.45) is -6.97. The van der Waals surface area contributed by atoms with Gasteiger partial charge in [-0.25, -0.2) is 0 Å². The van der Waals surface area contributed by atoms with Crippen LogP contribution in [-0.4, -0.2) is 137 Å². The van der Waals surface area contributed by atoms with Gasteiger partial charge in [-0.1, -0.05) is 12.1 Å². The van der Waals surface area contributed by atoms with E-state index in [0.717, 1.165) is 36.4 Å². The summed E-state index contributed by atoms with van der Waals surface area (Å²) in [5, 5.41) is 212. The van der Waals surface area contributed by atoms with Crippen molar-refractivity contribution in [2.24, 2.45) is 0 Å². The first-order valence-electron chi connectivity index (χ1n) is 25.8. The molecule has 26 heteroatoms. The average Bonchev–Trinajstić information content (AvgIpc) is 1.85. The van der Waals surface area contributed by atoms with Crippen LogP contribution in [0.3, 0.4) is 0 Å². The highest BCUT2D eigenvalue weighted by Crippen LogP contribution is 2.49. The molecule has 0 spiro atoms. The quantitative estimate of drug-likeness (QED) is 0.0954. The van der Waals surface area contributed by atoms with Gasteiger partial charge in [-0.05, 0) is 59.7 Å². The molecular weight excluding hydrogens is 1140 g/mol. The van der Waals surface area contributed by atoms with Crippen molar-refractivity contribution in [1.29, 1.82) is 0 Å². The van der Waals surface area contributed by atoms with Crippen LogP contribution in [0.1, 0.15) is 68.9 Å². The van der Waals surface area contributed by atoms with Gasteiger partial charge in [-0.3, -0.25) is 0 Å². The molecular formula is C60H56O26. The van der Waals surface area contributed by atoms with Crippen molar-refractivity contribution < 1.29 is 131 Å². The van der Waals surface area contributed by atoms with E-state index < -0.39 is 83.3 Å². The predicted molar refractivity (Wildman–Crippen MR) is 294 cm³/mol. The largest absolute Gasteiger partial charge is 0.508 e. The zero-order valence-corrected chi connectivity index (χ0v) is 44.3. The van der Waals surface area contributed by atoms with Gasteiger partial charge in [0.1, 0.15) is 81.2 Å². The lowest BCUT2D eigenvalue weighted by Crippen LogP contribution is -2.30. The summed E-state index contributed by atoms with van der Waals surface area (Å²) < 4.78 is 22.4. The summed E-state index contributed by atoms with van der Waals surface area (Å²) in [5.74, 6) is -5.06. The summed E-state index contributed by atoms with van der Waals surface area (Å²) in [5.41, 5.74) is 2.99. The van der Waals surface area contributed by atoms with Crippen molar-refractivity contribution in [2.75, 3.05) is 0 Å². The Bertz CT molecular complexity index is 3570. The Balaban J connectivity index is 0.000000137. The fraction of sp³-hybridized carbons (Fsp3) is 0.200. The van der Waals surface area contributed by atoms with Gasteiger partial charge in [0, 0.05) is 108 Å². The van der Waals surface area contributed by atoms with Gasteiger partial charge < -0.3 is 131 Å². The SMILES string of the molecule is Oc1cc(O)c2c(c1)O[C@H](c1cc(O)c(O)c(O)c1)[C@@H](O)C2.Oc1cc(O)c2c(c1)O[C@H](c1cc(O)c(O)c(O)c1)[C@H](O)C2.Oc1cc(O)c2c(c1)O[C@H](c1ccc(O)c(O)c1)[C@@H](O)C2.Oc1cc(O)c2c(c1)O[C@H](c1ccc(O)c(O)c1)[C@H](O)C2. The Labute approximate surface area is 484 Å². The van der Waals surface area contributed by atoms with Crippen molar-refractivity contribution >= 4 is 0 Å². The van der Waals surface area contributed by atoms with E-state index in [2.05, 4.69) is 0 Å². The van der Waals surface area contributed by atoms with Crippen LogP contribution in [0.5, 0.6) is 126 Å². The van der Waals surface area contributed by atoms with E-state index in [-0.39, 0.29) is 129 Å². The zero-order chi connectivity index (χ0) is 62.3. The first-order chi connectivity index (χ1) is 40.6. The first kappa shape index (κ1) is 59.8. The fourth-order valence-corrected chi connectivity index (χ4v) is 10.0. The third-order valence-corrected chi connectivity index (χ3v) is 14.2. The summed E-state index contributed by atoms with van der Waals surface area (Å²) in [6.45, 7) is 0. The molecule has 4 aliphatic rings. The Morgan fingerprint density at radius 1 is 0.233 bits per heavy atom. The van der Waals surface area contributed by atoms with E-state index in [9.17, 15) is 112 Å². The second kappa shape index (κ2) is 23.8. The molecule has 8 atom stereocenters. The summed E-state index contributed by atoms with van der Waals surface area (Å²) >= 11 is 0. The maximum Gasteiger partial charge on any atom is 0.200 e. The first-order valence-corrected chi connectivity index (χ1v) is 25.8. The lowest BCUT2D eigenvalue weighted by Gasteiger charge is -2.31. The summed E-state index contributed by atoms with van der Waals surface area (Å²) in [6, 6.07) is 22.9. The molecule has 0 fully saturated rings. The minimum Gasteiger partial charge on any atom is -0.508 e. The number of benzene rings is 8. The second-order valence-corrected chi connectivity index (χ2v) is 20.3. The molecule has 8 aromatic rings. The Morgan fingerprint density at radius 2 is 0.453 bits per heavy atom. The molecule has 0 amide bonds. The minimum absolute atomic E-state index is 0.0640. The molecule has 4 heterocycles. The van der Waals surface area contributed by atoms with E-state index >= 15 is 0 Å². The summed E-state index contributed by atoms with van der Waals surface area (Å²) in [7, 11) is 0. The van der Waals surface area contributed by atoms with Gasteiger partial charge in [-0.15, -0.1) is 0 Å². The standard InChI is InChI=1S/2C15H14O7.2C15H14O6/c2*16-7-3-9(17)8-5-12(20)15(22-13(8)4-7)6-1-10(18)14(21)11(19)2-6;2*16-8-4-11(18)9-6-13(20)15(21-14(9)5-8)7-1-2-10(17)12(19)3-7/h2*1-4,12,15-21H,5H2;2*1-5,13,15-20H,6H2/t12-,15+;12-,15-;13-,15+;13-,15-/m0101/s1. The molecule has 26 nitrogen and oxygen atoms in total. The molecule has 8 aromatic carbocycles. The summed E-state index contributed by atoms with van der Waals surface area (Å²) in [4.78, 5) is 0. The molecule has 4 aliphatic heterocycles. The molecule has 0 aliphatic carbocycles. The monoisotopic (exact) mass is 1190 g/mol. The van der Waals surface area contributed by atoms with Crippen LogP contribution in [0.2, 0.25) is 0 Å². The lowest BCUT2D eigenvalue weighted by molar-refractivity contribution is 0.0195. The number of hydrogen-bond acceptors (Lipinski definition) is 26. The highest BCUT2D eigenvalue weighted by atomic mass is 16.5. The molecule has 0 saturated carbocycles. The molecule has 86 heavy (non-hydrogen) atoms. The number of phenolic OH excluding ortho intramolecular Hbond substituents is 18. The van der Waals surface area contributed by atoms with Crippen molar-refractivity contribution in [3.8, 4) is 126 Å². The van der Waals surface area contributed by atoms with Crippen molar-refractivity contribution in [1.82, 2.24) is 0 Å². The average molecular weight is 1190 g/mol. The topological polar surface area (TPSA) is 482 Å². The molecule has 22 N–H and O–H groups in total. The van der Waals surface area contributed by atoms with Gasteiger partial charge in [0.25, 0.3) is 0 Å². The fourth-order valence-electron chi connectivity index (χ4n) is 10.0. The molecule has 452 valence electrons. The Morgan fingerprint density at radius 3 is 0.686 bits per heavy atom. The van der Waals surface area contributed by atoms with Crippen LogP contribution in [0.15, 0.2) is 109 Å². The van der Waals surface area contributed by atoms with E-state index in [1.54, 1.807) is 0 Å². The number of hydrogen-bond donors (Lipinski definition) is 22. The van der Waals surface area contributed by atoms with Gasteiger partial charge in [0.15, 0.2) is 69.7 Å². The van der Waals surface area contributed by atoms with E-state index in [1.807, 2.05) is 0 Å². The number of rotatable bonds is 4. The number of aliphatic hydroxyl groups is 4. The Hall–Kier alpha value is -10.8. The number of ether oxygens (including phenoxy) is 4. The molecule has 12 rings (SSSR count). The normalized spacial score (nSPS) is 20.4. The van der Waals surface area contributed by atoms with Crippen molar-refractivity contribution in [3.05, 3.63) is 154 Å². The van der Waals surface area contributed by atoms with Crippen LogP contribution >= 0.6 is 0 Å². The lowest BCUT2D eigenvalue weighted by atomic mass is 9.93. The predicted octanol–water partition coefficient (Wildman–Crippen LogP) is 5.60. The third-order valence-electron chi connectivity index (χ3n) is 14.2. The number of phenols is 18. The molecule has 0 unspecified atom stereocenters. The minimum atomic E-state index is -1.05. The van der Waals surface area contributed by atoms with Crippen LogP contribution in [-0.2, 0) is 25.7 Å². The van der Waals surface area contributed by atoms with Crippen LogP contribution in [0.4, 0.5) is 0 Å².